The molecular weight excluding hydrogens is 940 g/mol. The molecule has 6 heteroatoms. The van der Waals surface area contributed by atoms with Crippen LogP contribution in [0, 0.1) is 22.7 Å². The van der Waals surface area contributed by atoms with Crippen LogP contribution in [0.3, 0.4) is 0 Å². The predicted molar refractivity (Wildman–Crippen MR) is 292 cm³/mol. The second kappa shape index (κ2) is 38.6. The van der Waals surface area contributed by atoms with Gasteiger partial charge in [0.15, 0.2) is 0 Å². The van der Waals surface area contributed by atoms with Crippen molar-refractivity contribution in [3.63, 3.8) is 0 Å². The molecule has 0 unspecified atom stereocenters. The molecule has 66 heavy (non-hydrogen) atoms. The molecule has 0 aliphatic rings. The first-order chi connectivity index (χ1) is 32.5. The van der Waals surface area contributed by atoms with Crippen LogP contribution in [-0.4, -0.2) is 13.2 Å². The summed E-state index contributed by atoms with van der Waals surface area (Å²) >= 11 is 7.08. The van der Waals surface area contributed by atoms with Gasteiger partial charge in [0, 0.05) is 20.1 Å². The number of hydrogen-bond acceptors (Lipinski definition) is 4. The molecule has 0 radical (unpaired) electrons. The van der Waals surface area contributed by atoms with Gasteiger partial charge in [0.2, 0.25) is 0 Å². The Morgan fingerprint density at radius 1 is 0.394 bits per heavy atom. The minimum Gasteiger partial charge on any atom is -0.493 e. The van der Waals surface area contributed by atoms with Gasteiger partial charge in [-0.05, 0) is 72.5 Å². The van der Waals surface area contributed by atoms with Crippen molar-refractivity contribution in [2.24, 2.45) is 0 Å². The van der Waals surface area contributed by atoms with E-state index in [-0.39, 0.29) is 0 Å². The Morgan fingerprint density at radius 3 is 0.879 bits per heavy atom. The smallest absolute Gasteiger partial charge is 0.127 e. The summed E-state index contributed by atoms with van der Waals surface area (Å²) in [4.78, 5) is 0. The van der Waals surface area contributed by atoms with Crippen LogP contribution in [0.1, 0.15) is 242 Å². The maximum absolute atomic E-state index is 10.4. The van der Waals surface area contributed by atoms with E-state index in [1.54, 1.807) is 0 Å². The second-order valence-corrected chi connectivity index (χ2v) is 20.4. The zero-order chi connectivity index (χ0) is 47.1. The lowest BCUT2D eigenvalue weighted by atomic mass is 9.99. The Kier molecular flexibility index (Phi) is 33.4. The molecule has 0 N–H and O–H groups in total. The first kappa shape index (κ1) is 57.0. The first-order valence-corrected chi connectivity index (χ1v) is 28.3. The summed E-state index contributed by atoms with van der Waals surface area (Å²) in [5, 5.41) is 20.7. The number of nitriles is 2. The lowest BCUT2D eigenvalue weighted by Gasteiger charge is -2.16. The van der Waals surface area contributed by atoms with Crippen LogP contribution in [0.2, 0.25) is 0 Å². The van der Waals surface area contributed by atoms with Crippen molar-refractivity contribution in [2.45, 2.75) is 219 Å². The number of allylic oxidation sites excluding steroid dienone is 2. The molecule has 0 saturated carbocycles. The summed E-state index contributed by atoms with van der Waals surface area (Å²) in [6.45, 7) is 5.74. The third-order valence-corrected chi connectivity index (χ3v) is 13.9. The van der Waals surface area contributed by atoms with Crippen LogP contribution in [0.5, 0.6) is 11.5 Å². The summed E-state index contributed by atoms with van der Waals surface area (Å²) in [5.41, 5.74) is 4.38. The SMILES string of the molecule is CCCCCCCCCCCCCCCCCCOc1cc(/C=C(\C#N)c2ccc(Br)cc2)c(OCCCCCCCCCCCCCCCCCC)cc1/C=C(\C#N)c1ccc(Br)cc1. The van der Waals surface area contributed by atoms with E-state index in [0.717, 1.165) is 56.9 Å². The third kappa shape index (κ3) is 26.3. The normalized spacial score (nSPS) is 11.7. The predicted octanol–water partition coefficient (Wildman–Crippen LogP) is 20.6. The number of benzene rings is 3. The van der Waals surface area contributed by atoms with Crippen LogP contribution < -0.4 is 9.47 Å². The molecule has 3 aromatic carbocycles. The Hall–Kier alpha value is -3.32. The van der Waals surface area contributed by atoms with Gasteiger partial charge in [-0.15, -0.1) is 0 Å². The van der Waals surface area contributed by atoms with E-state index in [0.29, 0.717) is 35.9 Å². The van der Waals surface area contributed by atoms with Gasteiger partial charge in [-0.1, -0.05) is 263 Å². The highest BCUT2D eigenvalue weighted by Gasteiger charge is 2.14. The summed E-state index contributed by atoms with van der Waals surface area (Å²) in [7, 11) is 0. The van der Waals surface area contributed by atoms with Gasteiger partial charge in [0.05, 0.1) is 36.5 Å². The fourth-order valence-corrected chi connectivity index (χ4v) is 9.19. The Balaban J connectivity index is 1.61. The van der Waals surface area contributed by atoms with Gasteiger partial charge in [0.1, 0.15) is 11.5 Å². The number of hydrogen-bond donors (Lipinski definition) is 0. The van der Waals surface area contributed by atoms with Crippen molar-refractivity contribution < 1.29 is 9.47 Å². The molecule has 362 valence electrons. The van der Waals surface area contributed by atoms with E-state index in [9.17, 15) is 10.5 Å². The maximum atomic E-state index is 10.4. The van der Waals surface area contributed by atoms with E-state index in [2.05, 4.69) is 57.8 Å². The zero-order valence-electron chi connectivity index (χ0n) is 41.4. The largest absolute Gasteiger partial charge is 0.493 e. The van der Waals surface area contributed by atoms with Crippen LogP contribution in [0.25, 0.3) is 23.3 Å². The monoisotopic (exact) mass is 1020 g/mol. The van der Waals surface area contributed by atoms with E-state index >= 15 is 0 Å². The van der Waals surface area contributed by atoms with E-state index in [1.807, 2.05) is 72.8 Å². The standard InChI is InChI=1S/C60H86Br2N2O2/c1-3-5-7-9-11-13-15-17-19-21-23-25-27-29-31-33-43-65-59-47-54(46-56(50-64)52-37-41-58(62)42-38-52)60(48-53(59)45-55(49-63)51-35-39-57(61)40-36-51)66-44-34-32-30-28-26-24-22-20-18-16-14-12-10-8-6-4-2/h35-42,45-48H,3-34,43-44H2,1-2H3/b55-45+,56-46+. The van der Waals surface area contributed by atoms with Crippen molar-refractivity contribution >= 4 is 55.2 Å². The molecule has 0 aliphatic carbocycles. The van der Waals surface area contributed by atoms with Gasteiger partial charge >= 0.3 is 0 Å². The van der Waals surface area contributed by atoms with Crippen molar-refractivity contribution in [3.05, 3.63) is 91.9 Å². The number of rotatable bonds is 40. The van der Waals surface area contributed by atoms with Gasteiger partial charge in [-0.3, -0.25) is 0 Å². The van der Waals surface area contributed by atoms with Crippen molar-refractivity contribution in [1.82, 2.24) is 0 Å². The van der Waals surface area contributed by atoms with E-state index in [1.165, 1.54) is 180 Å². The van der Waals surface area contributed by atoms with Crippen molar-refractivity contribution in [2.75, 3.05) is 13.2 Å². The molecule has 3 rings (SSSR count). The average Bonchev–Trinajstić information content (AvgIpc) is 3.33. The van der Waals surface area contributed by atoms with Crippen LogP contribution in [0.15, 0.2) is 69.6 Å². The molecule has 0 atom stereocenters. The fraction of sp³-hybridized carbons (Fsp3) is 0.600. The zero-order valence-corrected chi connectivity index (χ0v) is 44.6. The van der Waals surface area contributed by atoms with Crippen LogP contribution >= 0.6 is 31.9 Å². The highest BCUT2D eigenvalue weighted by atomic mass is 79.9. The number of unbranched alkanes of at least 4 members (excludes halogenated alkanes) is 30. The van der Waals surface area contributed by atoms with Gasteiger partial charge in [-0.25, -0.2) is 0 Å². The average molecular weight is 1030 g/mol. The maximum Gasteiger partial charge on any atom is 0.127 e. The van der Waals surface area contributed by atoms with Gasteiger partial charge in [0.25, 0.3) is 0 Å². The molecule has 0 fully saturated rings. The molecule has 3 aromatic rings. The summed E-state index contributed by atoms with van der Waals surface area (Å²) < 4.78 is 15.1. The Bertz CT molecular complexity index is 1700. The Labute approximate surface area is 420 Å². The third-order valence-electron chi connectivity index (χ3n) is 12.8. The molecule has 0 heterocycles. The van der Waals surface area contributed by atoms with Crippen molar-refractivity contribution in [1.29, 1.82) is 10.5 Å². The number of halogens is 2. The van der Waals surface area contributed by atoms with E-state index in [4.69, 9.17) is 9.47 Å². The van der Waals surface area contributed by atoms with Crippen LogP contribution in [-0.2, 0) is 0 Å². The molecule has 0 saturated heterocycles. The van der Waals surface area contributed by atoms with Crippen molar-refractivity contribution in [3.8, 4) is 23.6 Å². The van der Waals surface area contributed by atoms with Crippen LogP contribution in [0.4, 0.5) is 0 Å². The van der Waals surface area contributed by atoms with E-state index < -0.39 is 0 Å². The molecule has 0 bridgehead atoms. The fourth-order valence-electron chi connectivity index (χ4n) is 8.66. The quantitative estimate of drug-likeness (QED) is 0.0323. The second-order valence-electron chi connectivity index (χ2n) is 18.6. The molecule has 4 nitrogen and oxygen atoms in total. The molecular formula is C60H86Br2N2O2. The number of ether oxygens (including phenoxy) is 2. The minimum atomic E-state index is 0.550. The first-order valence-electron chi connectivity index (χ1n) is 26.7. The lowest BCUT2D eigenvalue weighted by Crippen LogP contribution is -2.03. The summed E-state index contributed by atoms with van der Waals surface area (Å²) in [6.07, 6.45) is 46.2. The van der Waals surface area contributed by atoms with Gasteiger partial charge < -0.3 is 9.47 Å². The minimum absolute atomic E-state index is 0.550. The number of nitrogens with zero attached hydrogens (tertiary/aromatic N) is 2. The summed E-state index contributed by atoms with van der Waals surface area (Å²) in [6, 6.07) is 24.6. The highest BCUT2D eigenvalue weighted by Crippen LogP contribution is 2.35. The summed E-state index contributed by atoms with van der Waals surface area (Å²) in [5.74, 6) is 1.38. The topological polar surface area (TPSA) is 66.0 Å². The Morgan fingerprint density at radius 2 is 0.636 bits per heavy atom. The lowest BCUT2D eigenvalue weighted by molar-refractivity contribution is 0.295. The highest BCUT2D eigenvalue weighted by molar-refractivity contribution is 9.10. The molecule has 0 aromatic heterocycles. The molecule has 0 aliphatic heterocycles. The molecule has 0 spiro atoms. The molecule has 0 amide bonds. The van der Waals surface area contributed by atoms with Gasteiger partial charge in [-0.2, -0.15) is 10.5 Å².